The molecule has 1 saturated heterocycles. The first-order valence-corrected chi connectivity index (χ1v) is 8.62. The van der Waals surface area contributed by atoms with Crippen molar-refractivity contribution in [2.45, 2.75) is 6.92 Å². The van der Waals surface area contributed by atoms with Crippen molar-refractivity contribution >= 4 is 17.3 Å². The third-order valence-electron chi connectivity index (χ3n) is 4.46. The molecule has 25 heavy (non-hydrogen) atoms. The number of benzene rings is 2. The van der Waals surface area contributed by atoms with Gasteiger partial charge in [0.15, 0.2) is 0 Å². The van der Waals surface area contributed by atoms with E-state index in [9.17, 15) is 4.79 Å². The van der Waals surface area contributed by atoms with Gasteiger partial charge in [-0.15, -0.1) is 0 Å². The van der Waals surface area contributed by atoms with E-state index in [0.29, 0.717) is 6.54 Å². The number of piperazine rings is 1. The lowest BCUT2D eigenvalue weighted by atomic mass is 10.2. The van der Waals surface area contributed by atoms with Gasteiger partial charge in [-0.3, -0.25) is 9.69 Å². The van der Waals surface area contributed by atoms with Crippen LogP contribution in [0.3, 0.4) is 0 Å². The maximum atomic E-state index is 12.3. The molecule has 0 unspecified atom stereocenters. The van der Waals surface area contributed by atoms with Crippen LogP contribution in [-0.2, 0) is 4.79 Å². The predicted molar refractivity (Wildman–Crippen MR) is 101 cm³/mol. The summed E-state index contributed by atoms with van der Waals surface area (Å²) in [4.78, 5) is 16.8. The van der Waals surface area contributed by atoms with Gasteiger partial charge in [-0.1, -0.05) is 18.2 Å². The zero-order valence-electron chi connectivity index (χ0n) is 14.9. The fourth-order valence-electron chi connectivity index (χ4n) is 3.09. The van der Waals surface area contributed by atoms with E-state index in [4.69, 9.17) is 4.74 Å². The number of nitrogens with one attached hydrogen (secondary N) is 1. The van der Waals surface area contributed by atoms with Crippen molar-refractivity contribution in [3.8, 4) is 5.75 Å². The summed E-state index contributed by atoms with van der Waals surface area (Å²) in [5.41, 5.74) is 3.31. The number of carbonyl (C=O) groups is 1. The molecule has 0 aromatic heterocycles. The molecule has 2 aromatic carbocycles. The number of aryl methyl sites for hydroxylation is 1. The van der Waals surface area contributed by atoms with Crippen molar-refractivity contribution in [2.24, 2.45) is 0 Å². The molecule has 2 aromatic rings. The molecule has 0 saturated carbocycles. The Morgan fingerprint density at radius 3 is 2.56 bits per heavy atom. The highest BCUT2D eigenvalue weighted by molar-refractivity contribution is 5.92. The van der Waals surface area contributed by atoms with Crippen molar-refractivity contribution in [1.29, 1.82) is 0 Å². The summed E-state index contributed by atoms with van der Waals surface area (Å²) in [6.45, 7) is 6.19. The molecule has 1 fully saturated rings. The Morgan fingerprint density at radius 2 is 1.84 bits per heavy atom. The molecular formula is C20H25N3O2. The average molecular weight is 339 g/mol. The number of ether oxygens (including phenoxy) is 1. The number of methoxy groups -OCH3 is 1. The molecule has 0 bridgehead atoms. The van der Waals surface area contributed by atoms with Crippen LogP contribution >= 0.6 is 0 Å². The Balaban J connectivity index is 1.49. The highest BCUT2D eigenvalue weighted by Crippen LogP contribution is 2.18. The molecule has 1 aliphatic rings. The van der Waals surface area contributed by atoms with E-state index in [1.54, 1.807) is 7.11 Å². The van der Waals surface area contributed by atoms with Crippen molar-refractivity contribution in [2.75, 3.05) is 50.1 Å². The number of hydrogen-bond donors (Lipinski definition) is 1. The molecule has 0 spiro atoms. The molecule has 3 rings (SSSR count). The molecule has 1 aliphatic heterocycles. The molecule has 0 aliphatic carbocycles. The minimum Gasteiger partial charge on any atom is -0.497 e. The summed E-state index contributed by atoms with van der Waals surface area (Å²) in [6, 6.07) is 16.0. The maximum absolute atomic E-state index is 12.3. The summed E-state index contributed by atoms with van der Waals surface area (Å²) in [6.07, 6.45) is 0. The number of hydrogen-bond acceptors (Lipinski definition) is 4. The molecule has 0 atom stereocenters. The minimum atomic E-state index is 0.0114. The van der Waals surface area contributed by atoms with Crippen LogP contribution < -0.4 is 15.0 Å². The van der Waals surface area contributed by atoms with Crippen LogP contribution in [0.2, 0.25) is 0 Å². The monoisotopic (exact) mass is 339 g/mol. The van der Waals surface area contributed by atoms with Crippen LogP contribution in [-0.4, -0.2) is 50.6 Å². The van der Waals surface area contributed by atoms with E-state index in [2.05, 4.69) is 46.3 Å². The standard InChI is InChI=1S/C20H25N3O2/c1-16-5-3-7-18(13-16)23-11-9-22(10-12-23)15-20(24)21-17-6-4-8-19(14-17)25-2/h3-8,13-14H,9-12,15H2,1-2H3,(H,21,24). The summed E-state index contributed by atoms with van der Waals surface area (Å²) in [7, 11) is 1.62. The quantitative estimate of drug-likeness (QED) is 0.910. The summed E-state index contributed by atoms with van der Waals surface area (Å²) < 4.78 is 5.18. The van der Waals surface area contributed by atoms with E-state index in [-0.39, 0.29) is 5.91 Å². The van der Waals surface area contributed by atoms with Gasteiger partial charge in [0, 0.05) is 43.6 Å². The number of anilines is 2. The van der Waals surface area contributed by atoms with Gasteiger partial charge in [-0.05, 0) is 36.8 Å². The number of amides is 1. The zero-order chi connectivity index (χ0) is 17.6. The summed E-state index contributed by atoms with van der Waals surface area (Å²) in [5, 5.41) is 2.94. The lowest BCUT2D eigenvalue weighted by molar-refractivity contribution is -0.117. The molecule has 5 heteroatoms. The van der Waals surface area contributed by atoms with Crippen molar-refractivity contribution in [1.82, 2.24) is 4.90 Å². The maximum Gasteiger partial charge on any atom is 0.238 e. The first-order valence-electron chi connectivity index (χ1n) is 8.62. The first-order chi connectivity index (χ1) is 12.1. The molecule has 132 valence electrons. The second-order valence-electron chi connectivity index (χ2n) is 6.38. The largest absolute Gasteiger partial charge is 0.497 e. The highest BCUT2D eigenvalue weighted by Gasteiger charge is 2.19. The van der Waals surface area contributed by atoms with E-state index in [0.717, 1.165) is 37.6 Å². The van der Waals surface area contributed by atoms with Crippen molar-refractivity contribution in [3.05, 3.63) is 54.1 Å². The van der Waals surface area contributed by atoms with Crippen LogP contribution in [0.15, 0.2) is 48.5 Å². The molecule has 1 heterocycles. The third kappa shape index (κ3) is 4.73. The van der Waals surface area contributed by atoms with Gasteiger partial charge in [-0.25, -0.2) is 0 Å². The van der Waals surface area contributed by atoms with Crippen LogP contribution in [0.4, 0.5) is 11.4 Å². The molecular weight excluding hydrogens is 314 g/mol. The Hall–Kier alpha value is -2.53. The van der Waals surface area contributed by atoms with E-state index in [1.807, 2.05) is 24.3 Å². The summed E-state index contributed by atoms with van der Waals surface area (Å²) in [5.74, 6) is 0.752. The van der Waals surface area contributed by atoms with Gasteiger partial charge in [0.2, 0.25) is 5.91 Å². The second kappa shape index (κ2) is 8.03. The van der Waals surface area contributed by atoms with Gasteiger partial charge < -0.3 is 15.0 Å². The topological polar surface area (TPSA) is 44.8 Å². The van der Waals surface area contributed by atoms with Crippen LogP contribution in [0.1, 0.15) is 5.56 Å². The third-order valence-corrected chi connectivity index (χ3v) is 4.46. The molecule has 1 N–H and O–H groups in total. The predicted octanol–water partition coefficient (Wildman–Crippen LogP) is 2.76. The van der Waals surface area contributed by atoms with E-state index in [1.165, 1.54) is 11.3 Å². The highest BCUT2D eigenvalue weighted by atomic mass is 16.5. The van der Waals surface area contributed by atoms with E-state index >= 15 is 0 Å². The SMILES string of the molecule is COc1cccc(NC(=O)CN2CCN(c3cccc(C)c3)CC2)c1. The smallest absolute Gasteiger partial charge is 0.238 e. The van der Waals surface area contributed by atoms with Crippen molar-refractivity contribution in [3.63, 3.8) is 0 Å². The number of carbonyl (C=O) groups excluding carboxylic acids is 1. The van der Waals surface area contributed by atoms with E-state index < -0.39 is 0 Å². The Labute approximate surface area is 149 Å². The number of rotatable bonds is 5. The van der Waals surface area contributed by atoms with Crippen LogP contribution in [0.25, 0.3) is 0 Å². The van der Waals surface area contributed by atoms with Gasteiger partial charge in [0.1, 0.15) is 5.75 Å². The Kier molecular flexibility index (Phi) is 5.56. The molecule has 5 nitrogen and oxygen atoms in total. The van der Waals surface area contributed by atoms with Crippen LogP contribution in [0, 0.1) is 6.92 Å². The molecule has 1 amide bonds. The lowest BCUT2D eigenvalue weighted by Gasteiger charge is -2.35. The van der Waals surface area contributed by atoms with Crippen molar-refractivity contribution < 1.29 is 9.53 Å². The Morgan fingerprint density at radius 1 is 1.08 bits per heavy atom. The zero-order valence-corrected chi connectivity index (χ0v) is 14.9. The second-order valence-corrected chi connectivity index (χ2v) is 6.38. The lowest BCUT2D eigenvalue weighted by Crippen LogP contribution is -2.48. The summed E-state index contributed by atoms with van der Waals surface area (Å²) >= 11 is 0. The first kappa shape index (κ1) is 17.3. The fourth-order valence-corrected chi connectivity index (χ4v) is 3.09. The average Bonchev–Trinajstić information content (AvgIpc) is 2.62. The van der Waals surface area contributed by atoms with Gasteiger partial charge >= 0.3 is 0 Å². The van der Waals surface area contributed by atoms with Gasteiger partial charge in [0.25, 0.3) is 0 Å². The Bertz CT molecular complexity index is 724. The van der Waals surface area contributed by atoms with Gasteiger partial charge in [0.05, 0.1) is 13.7 Å². The fraction of sp³-hybridized carbons (Fsp3) is 0.350. The minimum absolute atomic E-state index is 0.0114. The number of nitrogens with zero attached hydrogens (tertiary/aromatic N) is 2. The van der Waals surface area contributed by atoms with Crippen LogP contribution in [0.5, 0.6) is 5.75 Å². The normalized spacial score (nSPS) is 15.0. The van der Waals surface area contributed by atoms with Gasteiger partial charge in [-0.2, -0.15) is 0 Å². The molecule has 0 radical (unpaired) electrons.